The van der Waals surface area contributed by atoms with Crippen molar-refractivity contribution < 1.29 is 23.9 Å². The molecule has 3 amide bonds. The standard InChI is InChI=1S/C29H29N3O5/c1-19-9-11-22(12-10-19)27(35)37-24-8-6-5-7-20(24)15-18-25(33)31-32-26(34)21-13-16-23(17-14-21)30-28(36)29(2,3)4/h5-18H,1-4H3,(H,30,36)(H,31,33)(H,32,34)/b18-15+. The lowest BCUT2D eigenvalue weighted by Crippen LogP contribution is -2.40. The van der Waals surface area contributed by atoms with E-state index in [9.17, 15) is 19.2 Å². The first-order chi connectivity index (χ1) is 17.5. The Morgan fingerprint density at radius 2 is 1.41 bits per heavy atom. The van der Waals surface area contributed by atoms with Crippen molar-refractivity contribution in [1.82, 2.24) is 10.9 Å². The van der Waals surface area contributed by atoms with Gasteiger partial charge in [0, 0.05) is 28.3 Å². The normalized spacial score (nSPS) is 11.0. The van der Waals surface area contributed by atoms with Crippen LogP contribution in [0.1, 0.15) is 52.6 Å². The van der Waals surface area contributed by atoms with Gasteiger partial charge in [0.25, 0.3) is 11.8 Å². The zero-order valence-electron chi connectivity index (χ0n) is 21.1. The van der Waals surface area contributed by atoms with E-state index < -0.39 is 23.2 Å². The van der Waals surface area contributed by atoms with Gasteiger partial charge in [-0.25, -0.2) is 4.79 Å². The first kappa shape index (κ1) is 26.9. The Morgan fingerprint density at radius 3 is 2.05 bits per heavy atom. The van der Waals surface area contributed by atoms with Gasteiger partial charge in [-0.3, -0.25) is 25.2 Å². The van der Waals surface area contributed by atoms with Crippen molar-refractivity contribution in [3.05, 3.63) is 101 Å². The number of benzene rings is 3. The number of hydrogen-bond donors (Lipinski definition) is 3. The maximum atomic E-state index is 12.5. The van der Waals surface area contributed by atoms with Crippen molar-refractivity contribution in [3.63, 3.8) is 0 Å². The Kier molecular flexibility index (Phi) is 8.58. The maximum absolute atomic E-state index is 12.5. The van der Waals surface area contributed by atoms with Crippen LogP contribution >= 0.6 is 0 Å². The van der Waals surface area contributed by atoms with Crippen LogP contribution < -0.4 is 20.9 Å². The highest BCUT2D eigenvalue weighted by Gasteiger charge is 2.21. The van der Waals surface area contributed by atoms with Crippen molar-refractivity contribution in [2.24, 2.45) is 5.41 Å². The van der Waals surface area contributed by atoms with Gasteiger partial charge in [0.15, 0.2) is 0 Å². The number of para-hydroxylation sites is 1. The molecule has 190 valence electrons. The molecule has 0 heterocycles. The average molecular weight is 500 g/mol. The lowest BCUT2D eigenvalue weighted by atomic mass is 9.95. The van der Waals surface area contributed by atoms with E-state index in [1.165, 1.54) is 24.3 Å². The van der Waals surface area contributed by atoms with Crippen LogP contribution in [0.15, 0.2) is 78.9 Å². The fourth-order valence-corrected chi connectivity index (χ4v) is 2.98. The van der Waals surface area contributed by atoms with Gasteiger partial charge < -0.3 is 10.1 Å². The van der Waals surface area contributed by atoms with E-state index in [0.29, 0.717) is 28.1 Å². The van der Waals surface area contributed by atoms with Crippen LogP contribution in [0.2, 0.25) is 0 Å². The predicted molar refractivity (Wildman–Crippen MR) is 142 cm³/mol. The second-order valence-electron chi connectivity index (χ2n) is 9.35. The average Bonchev–Trinajstić information content (AvgIpc) is 2.87. The minimum Gasteiger partial charge on any atom is -0.422 e. The molecule has 0 aromatic heterocycles. The summed E-state index contributed by atoms with van der Waals surface area (Å²) in [4.78, 5) is 49.1. The molecule has 0 aliphatic rings. The molecule has 0 atom stereocenters. The number of ether oxygens (including phenoxy) is 1. The summed E-state index contributed by atoms with van der Waals surface area (Å²) in [5.74, 6) is -1.47. The van der Waals surface area contributed by atoms with E-state index in [-0.39, 0.29) is 5.91 Å². The summed E-state index contributed by atoms with van der Waals surface area (Å²) in [6.45, 7) is 7.33. The Morgan fingerprint density at radius 1 is 0.784 bits per heavy atom. The summed E-state index contributed by atoms with van der Waals surface area (Å²) >= 11 is 0. The van der Waals surface area contributed by atoms with Crippen LogP contribution in [0, 0.1) is 12.3 Å². The van der Waals surface area contributed by atoms with E-state index in [1.807, 2.05) is 19.1 Å². The lowest BCUT2D eigenvalue weighted by molar-refractivity contribution is -0.123. The molecule has 0 fully saturated rings. The highest BCUT2D eigenvalue weighted by atomic mass is 16.5. The van der Waals surface area contributed by atoms with Crippen LogP contribution in [-0.4, -0.2) is 23.7 Å². The predicted octanol–water partition coefficient (Wildman–Crippen LogP) is 4.67. The van der Waals surface area contributed by atoms with Crippen molar-refractivity contribution in [1.29, 1.82) is 0 Å². The molecule has 37 heavy (non-hydrogen) atoms. The second kappa shape index (κ2) is 11.8. The number of carbonyl (C=O) groups is 4. The topological polar surface area (TPSA) is 114 Å². The smallest absolute Gasteiger partial charge is 0.343 e. The van der Waals surface area contributed by atoms with Crippen molar-refractivity contribution in [2.45, 2.75) is 27.7 Å². The van der Waals surface area contributed by atoms with Gasteiger partial charge in [-0.1, -0.05) is 56.7 Å². The molecule has 0 spiro atoms. The van der Waals surface area contributed by atoms with Crippen LogP contribution in [0.5, 0.6) is 5.75 Å². The lowest BCUT2D eigenvalue weighted by Gasteiger charge is -2.17. The number of anilines is 1. The van der Waals surface area contributed by atoms with Crippen LogP contribution in [0.25, 0.3) is 6.08 Å². The third-order valence-corrected chi connectivity index (χ3v) is 5.21. The van der Waals surface area contributed by atoms with Gasteiger partial charge in [-0.15, -0.1) is 0 Å². The molecule has 0 saturated heterocycles. The van der Waals surface area contributed by atoms with Gasteiger partial charge in [-0.2, -0.15) is 0 Å². The summed E-state index contributed by atoms with van der Waals surface area (Å²) in [6.07, 6.45) is 2.69. The minimum atomic E-state index is -0.581. The summed E-state index contributed by atoms with van der Waals surface area (Å²) in [7, 11) is 0. The highest BCUT2D eigenvalue weighted by molar-refractivity contribution is 5.99. The van der Waals surface area contributed by atoms with Gasteiger partial charge in [0.05, 0.1) is 5.56 Å². The first-order valence-electron chi connectivity index (χ1n) is 11.6. The quantitative estimate of drug-likeness (QED) is 0.197. The summed E-state index contributed by atoms with van der Waals surface area (Å²) < 4.78 is 5.49. The monoisotopic (exact) mass is 499 g/mol. The van der Waals surface area contributed by atoms with Gasteiger partial charge in [0.1, 0.15) is 5.75 Å². The Labute approximate surface area is 215 Å². The number of carbonyl (C=O) groups excluding carboxylic acids is 4. The first-order valence-corrected chi connectivity index (χ1v) is 11.6. The molecule has 0 saturated carbocycles. The summed E-state index contributed by atoms with van der Waals surface area (Å²) in [5, 5.41) is 2.78. The molecule has 0 aliphatic carbocycles. The molecule has 0 aliphatic heterocycles. The van der Waals surface area contributed by atoms with Crippen molar-refractivity contribution >= 4 is 35.5 Å². The third kappa shape index (κ3) is 7.90. The summed E-state index contributed by atoms with van der Waals surface area (Å²) in [5.41, 5.74) is 6.90. The number of aryl methyl sites for hydroxylation is 1. The zero-order chi connectivity index (χ0) is 27.0. The minimum absolute atomic E-state index is 0.143. The van der Waals surface area contributed by atoms with E-state index in [2.05, 4.69) is 16.2 Å². The Hall–Kier alpha value is -4.72. The van der Waals surface area contributed by atoms with Gasteiger partial charge >= 0.3 is 5.97 Å². The second-order valence-corrected chi connectivity index (χ2v) is 9.35. The fourth-order valence-electron chi connectivity index (χ4n) is 2.98. The number of hydrazine groups is 1. The summed E-state index contributed by atoms with van der Waals surface area (Å²) in [6, 6.07) is 20.1. The molecular formula is C29H29N3O5. The molecule has 3 rings (SSSR count). The molecule has 8 heteroatoms. The van der Waals surface area contributed by atoms with E-state index in [0.717, 1.165) is 5.56 Å². The number of esters is 1. The largest absolute Gasteiger partial charge is 0.422 e. The molecule has 0 bridgehead atoms. The molecule has 0 unspecified atom stereocenters. The Bertz CT molecular complexity index is 1320. The molecule has 3 N–H and O–H groups in total. The van der Waals surface area contributed by atoms with Crippen molar-refractivity contribution in [2.75, 3.05) is 5.32 Å². The van der Waals surface area contributed by atoms with Crippen molar-refractivity contribution in [3.8, 4) is 5.75 Å². The van der Waals surface area contributed by atoms with Crippen LogP contribution in [0.3, 0.4) is 0 Å². The number of amides is 3. The van der Waals surface area contributed by atoms with E-state index in [4.69, 9.17) is 4.74 Å². The third-order valence-electron chi connectivity index (χ3n) is 5.21. The SMILES string of the molecule is Cc1ccc(C(=O)Oc2ccccc2/C=C/C(=O)NNC(=O)c2ccc(NC(=O)C(C)(C)C)cc2)cc1. The number of rotatable bonds is 6. The van der Waals surface area contributed by atoms with Crippen LogP contribution in [0.4, 0.5) is 5.69 Å². The van der Waals surface area contributed by atoms with E-state index >= 15 is 0 Å². The molecule has 3 aromatic rings. The highest BCUT2D eigenvalue weighted by Crippen LogP contribution is 2.21. The molecular weight excluding hydrogens is 470 g/mol. The van der Waals surface area contributed by atoms with Gasteiger partial charge in [-0.05, 0) is 55.5 Å². The fraction of sp³-hybridized carbons (Fsp3) is 0.172. The number of hydrogen-bond acceptors (Lipinski definition) is 5. The molecule has 0 radical (unpaired) electrons. The van der Waals surface area contributed by atoms with E-state index in [1.54, 1.807) is 69.3 Å². The van der Waals surface area contributed by atoms with Crippen LogP contribution in [-0.2, 0) is 9.59 Å². The maximum Gasteiger partial charge on any atom is 0.343 e. The zero-order valence-corrected chi connectivity index (χ0v) is 21.1. The van der Waals surface area contributed by atoms with Gasteiger partial charge in [0.2, 0.25) is 5.91 Å². The molecule has 8 nitrogen and oxygen atoms in total. The number of nitrogens with one attached hydrogen (secondary N) is 3. The molecule has 3 aromatic carbocycles. The Balaban J connectivity index is 1.55.